The first-order valence-corrected chi connectivity index (χ1v) is 8.07. The van der Waals surface area contributed by atoms with Crippen molar-refractivity contribution in [1.29, 1.82) is 0 Å². The van der Waals surface area contributed by atoms with Crippen LogP contribution in [0.1, 0.15) is 24.7 Å². The molecule has 0 spiro atoms. The van der Waals surface area contributed by atoms with Gasteiger partial charge >= 0.3 is 6.03 Å². The fraction of sp³-hybridized carbons (Fsp3) is 0.467. The minimum Gasteiger partial charge on any atom is -0.378 e. The average molecular weight is 322 g/mol. The van der Waals surface area contributed by atoms with Crippen LogP contribution in [-0.4, -0.2) is 28.7 Å². The number of methoxy groups -OCH3 is 1. The van der Waals surface area contributed by atoms with Gasteiger partial charge in [-0.05, 0) is 31.9 Å². The zero-order valence-electron chi connectivity index (χ0n) is 13.1. The highest BCUT2D eigenvalue weighted by molar-refractivity contribution is 7.13. The lowest BCUT2D eigenvalue weighted by molar-refractivity contribution is 0.182. The van der Waals surface area contributed by atoms with Gasteiger partial charge in [0.2, 0.25) is 0 Å². The van der Waals surface area contributed by atoms with Crippen LogP contribution >= 0.6 is 11.3 Å². The first-order valence-electron chi connectivity index (χ1n) is 7.19. The molecule has 2 heterocycles. The van der Waals surface area contributed by atoms with Crippen LogP contribution in [0.4, 0.5) is 9.93 Å². The second kappa shape index (κ2) is 7.95. The molecule has 0 saturated carbocycles. The van der Waals surface area contributed by atoms with Crippen LogP contribution in [0.15, 0.2) is 23.7 Å². The number of hydrogen-bond acceptors (Lipinski definition) is 4. The highest BCUT2D eigenvalue weighted by atomic mass is 32.1. The van der Waals surface area contributed by atoms with Crippen molar-refractivity contribution in [3.63, 3.8) is 0 Å². The molecule has 7 heteroatoms. The molecule has 0 radical (unpaired) electrons. The minimum absolute atomic E-state index is 0.0910. The second-order valence-corrected chi connectivity index (χ2v) is 6.08. The largest absolute Gasteiger partial charge is 0.378 e. The maximum absolute atomic E-state index is 11.9. The Morgan fingerprint density at radius 2 is 2.36 bits per heavy atom. The number of aromatic nitrogens is 2. The van der Waals surface area contributed by atoms with Gasteiger partial charge in [-0.2, -0.15) is 0 Å². The number of nitrogens with zero attached hydrogens (tertiary/aromatic N) is 2. The fourth-order valence-corrected chi connectivity index (χ4v) is 2.82. The van der Waals surface area contributed by atoms with Crippen LogP contribution < -0.4 is 10.6 Å². The van der Waals surface area contributed by atoms with Crippen molar-refractivity contribution < 1.29 is 9.53 Å². The monoisotopic (exact) mass is 322 g/mol. The van der Waals surface area contributed by atoms with Crippen molar-refractivity contribution in [2.45, 2.75) is 32.4 Å². The second-order valence-electron chi connectivity index (χ2n) is 5.23. The predicted molar refractivity (Wildman–Crippen MR) is 88.2 cm³/mol. The van der Waals surface area contributed by atoms with Gasteiger partial charge in [-0.3, -0.25) is 5.32 Å². The third-order valence-electron chi connectivity index (χ3n) is 3.33. The number of nitrogens with one attached hydrogen (secondary N) is 2. The van der Waals surface area contributed by atoms with Gasteiger partial charge in [0, 0.05) is 37.5 Å². The summed E-state index contributed by atoms with van der Waals surface area (Å²) in [6.45, 7) is 2.45. The van der Waals surface area contributed by atoms with E-state index in [0.29, 0.717) is 11.7 Å². The SMILES string of the molecule is COCc1csc(NC(=O)NC(C)CCc2cccn2C)n1. The van der Waals surface area contributed by atoms with Crippen molar-refractivity contribution in [1.82, 2.24) is 14.9 Å². The molecule has 0 aliphatic carbocycles. The molecule has 2 amide bonds. The Kier molecular flexibility index (Phi) is 5.97. The summed E-state index contributed by atoms with van der Waals surface area (Å²) in [4.78, 5) is 16.2. The fourth-order valence-electron chi connectivity index (χ4n) is 2.13. The number of aryl methyl sites for hydroxylation is 2. The number of hydrogen-bond donors (Lipinski definition) is 2. The van der Waals surface area contributed by atoms with Gasteiger partial charge in [-0.15, -0.1) is 11.3 Å². The molecule has 2 N–H and O–H groups in total. The quantitative estimate of drug-likeness (QED) is 0.823. The zero-order valence-corrected chi connectivity index (χ0v) is 13.9. The molecule has 1 unspecified atom stereocenters. The van der Waals surface area contributed by atoms with E-state index in [2.05, 4.69) is 26.3 Å². The highest BCUT2D eigenvalue weighted by Gasteiger charge is 2.10. The molecular weight excluding hydrogens is 300 g/mol. The zero-order chi connectivity index (χ0) is 15.9. The van der Waals surface area contributed by atoms with E-state index in [9.17, 15) is 4.79 Å². The van der Waals surface area contributed by atoms with Gasteiger partial charge in [-0.25, -0.2) is 9.78 Å². The molecule has 0 bridgehead atoms. The lowest BCUT2D eigenvalue weighted by Gasteiger charge is -2.14. The van der Waals surface area contributed by atoms with Crippen molar-refractivity contribution in [2.24, 2.45) is 7.05 Å². The van der Waals surface area contributed by atoms with Gasteiger partial charge in [0.15, 0.2) is 5.13 Å². The van der Waals surface area contributed by atoms with E-state index < -0.39 is 0 Å². The van der Waals surface area contributed by atoms with Crippen molar-refractivity contribution >= 4 is 22.5 Å². The standard InChI is InChI=1S/C15H22N4O2S/c1-11(6-7-13-5-4-8-19(13)2)16-14(20)18-15-17-12(9-21-3)10-22-15/h4-5,8,10-11H,6-7,9H2,1-3H3,(H2,16,17,18,20). The summed E-state index contributed by atoms with van der Waals surface area (Å²) < 4.78 is 7.10. The number of anilines is 1. The van der Waals surface area contributed by atoms with Crippen LogP contribution in [0.3, 0.4) is 0 Å². The van der Waals surface area contributed by atoms with Crippen LogP contribution in [-0.2, 0) is 24.8 Å². The molecule has 0 fully saturated rings. The maximum atomic E-state index is 11.9. The van der Waals surface area contributed by atoms with E-state index in [0.717, 1.165) is 18.5 Å². The third kappa shape index (κ3) is 4.85. The Labute approximate surface area is 134 Å². The topological polar surface area (TPSA) is 68.2 Å². The smallest absolute Gasteiger partial charge is 0.321 e. The number of thiazole rings is 1. The number of rotatable bonds is 7. The summed E-state index contributed by atoms with van der Waals surface area (Å²) in [5.41, 5.74) is 2.08. The van der Waals surface area contributed by atoms with Crippen LogP contribution in [0.25, 0.3) is 0 Å². The Balaban J connectivity index is 1.74. The van der Waals surface area contributed by atoms with Crippen molar-refractivity contribution in [3.8, 4) is 0 Å². The summed E-state index contributed by atoms with van der Waals surface area (Å²) in [5.74, 6) is 0. The van der Waals surface area contributed by atoms with E-state index >= 15 is 0 Å². The summed E-state index contributed by atoms with van der Waals surface area (Å²) in [6.07, 6.45) is 3.85. The van der Waals surface area contributed by atoms with Crippen LogP contribution in [0, 0.1) is 0 Å². The number of amides is 2. The van der Waals surface area contributed by atoms with E-state index in [-0.39, 0.29) is 12.1 Å². The number of urea groups is 1. The third-order valence-corrected chi connectivity index (χ3v) is 4.13. The van der Waals surface area contributed by atoms with Crippen molar-refractivity contribution in [2.75, 3.05) is 12.4 Å². The lowest BCUT2D eigenvalue weighted by Crippen LogP contribution is -2.36. The Hall–Kier alpha value is -1.86. The Morgan fingerprint density at radius 3 is 3.05 bits per heavy atom. The molecule has 0 aliphatic rings. The molecule has 2 rings (SSSR count). The summed E-state index contributed by atoms with van der Waals surface area (Å²) >= 11 is 1.39. The molecule has 2 aromatic rings. The minimum atomic E-state index is -0.224. The molecule has 120 valence electrons. The molecule has 0 saturated heterocycles. The van der Waals surface area contributed by atoms with Gasteiger partial charge in [0.05, 0.1) is 12.3 Å². The number of carbonyl (C=O) groups excluding carboxylic acids is 1. The normalized spacial score (nSPS) is 12.1. The molecule has 6 nitrogen and oxygen atoms in total. The van der Waals surface area contributed by atoms with E-state index in [1.807, 2.05) is 31.6 Å². The number of carbonyl (C=O) groups is 1. The molecule has 22 heavy (non-hydrogen) atoms. The molecule has 1 atom stereocenters. The van der Waals surface area contributed by atoms with Crippen LogP contribution in [0.2, 0.25) is 0 Å². The van der Waals surface area contributed by atoms with Gasteiger partial charge in [-0.1, -0.05) is 0 Å². The summed E-state index contributed by atoms with van der Waals surface area (Å²) in [7, 11) is 3.65. The van der Waals surface area contributed by atoms with E-state index in [1.165, 1.54) is 17.0 Å². The molecule has 0 aromatic carbocycles. The van der Waals surface area contributed by atoms with Crippen molar-refractivity contribution in [3.05, 3.63) is 35.1 Å². The lowest BCUT2D eigenvalue weighted by atomic mass is 10.1. The predicted octanol–water partition coefficient (Wildman–Crippen LogP) is 2.77. The van der Waals surface area contributed by atoms with E-state index in [1.54, 1.807) is 7.11 Å². The average Bonchev–Trinajstić information content (AvgIpc) is 3.06. The molecular formula is C15H22N4O2S. The molecule has 0 aliphatic heterocycles. The molecule has 2 aromatic heterocycles. The van der Waals surface area contributed by atoms with Gasteiger partial charge < -0.3 is 14.6 Å². The highest BCUT2D eigenvalue weighted by Crippen LogP contribution is 2.15. The summed E-state index contributed by atoms with van der Waals surface area (Å²) in [6, 6.07) is 3.99. The maximum Gasteiger partial charge on any atom is 0.321 e. The Morgan fingerprint density at radius 1 is 1.55 bits per heavy atom. The number of ether oxygens (including phenoxy) is 1. The van der Waals surface area contributed by atoms with Gasteiger partial charge in [0.25, 0.3) is 0 Å². The first kappa shape index (κ1) is 16.5. The first-order chi connectivity index (χ1) is 10.6. The van der Waals surface area contributed by atoms with Crippen LogP contribution in [0.5, 0.6) is 0 Å². The summed E-state index contributed by atoms with van der Waals surface area (Å²) in [5, 5.41) is 8.14. The Bertz CT molecular complexity index is 608. The van der Waals surface area contributed by atoms with E-state index in [4.69, 9.17) is 4.74 Å². The van der Waals surface area contributed by atoms with Gasteiger partial charge in [0.1, 0.15) is 0 Å².